The van der Waals surface area contributed by atoms with Gasteiger partial charge >= 0.3 is 0 Å². The minimum absolute atomic E-state index is 0.536. The number of hydrogen-bond acceptors (Lipinski definition) is 7. The molecule has 3 rings (SSSR count). The van der Waals surface area contributed by atoms with Crippen molar-refractivity contribution in [3.05, 3.63) is 41.2 Å². The number of hydrogen-bond donors (Lipinski definition) is 1. The van der Waals surface area contributed by atoms with Crippen LogP contribution in [0, 0.1) is 13.8 Å². The molecule has 0 saturated heterocycles. The minimum Gasteiger partial charge on any atom is -0.237 e. The van der Waals surface area contributed by atoms with Gasteiger partial charge in [0.25, 0.3) is 5.13 Å². The number of rotatable bonds is 3. The van der Waals surface area contributed by atoms with Gasteiger partial charge in [0.15, 0.2) is 0 Å². The smallest absolute Gasteiger partial charge is 0.237 e. The molecule has 0 radical (unpaired) electrons. The van der Waals surface area contributed by atoms with E-state index in [9.17, 15) is 0 Å². The summed E-state index contributed by atoms with van der Waals surface area (Å²) < 4.78 is 1.75. The lowest BCUT2D eigenvalue weighted by molar-refractivity contribution is 0.846. The van der Waals surface area contributed by atoms with E-state index in [1.807, 2.05) is 44.3 Å². The van der Waals surface area contributed by atoms with Gasteiger partial charge in [0.1, 0.15) is 10.7 Å². The Bertz CT molecular complexity index is 805. The molecule has 0 atom stereocenters. The molecule has 0 aliphatic heterocycles. The number of azo groups is 1. The van der Waals surface area contributed by atoms with Crippen LogP contribution in [0.2, 0.25) is 0 Å². The van der Waals surface area contributed by atoms with E-state index in [1.54, 1.807) is 4.68 Å². The highest BCUT2D eigenvalue weighted by Crippen LogP contribution is 2.26. The molecule has 0 bridgehead atoms. The number of aryl methyl sites for hydroxylation is 2. The van der Waals surface area contributed by atoms with Gasteiger partial charge in [0, 0.05) is 4.90 Å². The molecule has 3 aromatic rings. The topological polar surface area (TPSA) is 68.3 Å². The van der Waals surface area contributed by atoms with Gasteiger partial charge in [0.05, 0.1) is 17.6 Å². The average molecular weight is 316 g/mol. The van der Waals surface area contributed by atoms with Crippen molar-refractivity contribution in [1.82, 2.24) is 20.0 Å². The first-order chi connectivity index (χ1) is 10.1. The van der Waals surface area contributed by atoms with Crippen molar-refractivity contribution < 1.29 is 0 Å². The van der Waals surface area contributed by atoms with E-state index < -0.39 is 0 Å². The third kappa shape index (κ3) is 3.01. The number of para-hydroxylation sites is 1. The highest BCUT2D eigenvalue weighted by atomic mass is 32.1. The lowest BCUT2D eigenvalue weighted by atomic mass is 10.3. The Morgan fingerprint density at radius 2 is 1.95 bits per heavy atom. The fourth-order valence-corrected chi connectivity index (χ4v) is 2.53. The lowest BCUT2D eigenvalue weighted by Crippen LogP contribution is -1.95. The second-order valence-electron chi connectivity index (χ2n) is 4.34. The van der Waals surface area contributed by atoms with Crippen molar-refractivity contribution in [2.24, 2.45) is 10.2 Å². The molecule has 21 heavy (non-hydrogen) atoms. The largest absolute Gasteiger partial charge is 0.251 e. The van der Waals surface area contributed by atoms with E-state index in [0.717, 1.165) is 21.3 Å². The van der Waals surface area contributed by atoms with Crippen molar-refractivity contribution in [3.63, 3.8) is 0 Å². The van der Waals surface area contributed by atoms with Crippen molar-refractivity contribution in [1.29, 1.82) is 0 Å². The number of nitrogens with zero attached hydrogens (tertiary/aromatic N) is 6. The van der Waals surface area contributed by atoms with Gasteiger partial charge in [-0.1, -0.05) is 23.5 Å². The van der Waals surface area contributed by atoms with E-state index in [1.165, 1.54) is 11.3 Å². The molecule has 1 aromatic carbocycles. The maximum Gasteiger partial charge on any atom is 0.251 e. The molecular weight excluding hydrogens is 304 g/mol. The second kappa shape index (κ2) is 5.74. The van der Waals surface area contributed by atoms with Gasteiger partial charge in [-0.2, -0.15) is 5.10 Å². The summed E-state index contributed by atoms with van der Waals surface area (Å²) in [6.07, 6.45) is 1.82. The predicted molar refractivity (Wildman–Crippen MR) is 84.4 cm³/mol. The summed E-state index contributed by atoms with van der Waals surface area (Å²) in [4.78, 5) is 0.850. The van der Waals surface area contributed by atoms with Crippen LogP contribution in [0.1, 0.15) is 10.7 Å². The summed E-state index contributed by atoms with van der Waals surface area (Å²) in [5.41, 5.74) is 2.38. The van der Waals surface area contributed by atoms with Gasteiger partial charge in [-0.25, -0.2) is 4.68 Å². The molecule has 0 unspecified atom stereocenters. The first-order valence-electron chi connectivity index (χ1n) is 6.20. The fraction of sp³-hybridized carbons (Fsp3) is 0.154. The molecule has 0 aliphatic rings. The molecule has 6 nitrogen and oxygen atoms in total. The molecule has 2 heterocycles. The summed E-state index contributed by atoms with van der Waals surface area (Å²) in [5.74, 6) is 0. The Morgan fingerprint density at radius 3 is 2.67 bits per heavy atom. The quantitative estimate of drug-likeness (QED) is 0.585. The van der Waals surface area contributed by atoms with E-state index in [2.05, 4.69) is 38.2 Å². The molecule has 2 aromatic heterocycles. The summed E-state index contributed by atoms with van der Waals surface area (Å²) in [7, 11) is 0. The zero-order valence-electron chi connectivity index (χ0n) is 11.4. The maximum absolute atomic E-state index is 4.44. The Balaban J connectivity index is 1.92. The van der Waals surface area contributed by atoms with Crippen LogP contribution < -0.4 is 0 Å². The van der Waals surface area contributed by atoms with E-state index >= 15 is 0 Å². The molecular formula is C13H12N6S2. The van der Waals surface area contributed by atoms with Crippen LogP contribution in [0.3, 0.4) is 0 Å². The molecule has 0 N–H and O–H groups in total. The third-order valence-corrected chi connectivity index (χ3v) is 3.86. The Hall–Kier alpha value is -2.06. The van der Waals surface area contributed by atoms with Crippen LogP contribution in [0.15, 0.2) is 45.6 Å². The van der Waals surface area contributed by atoms with Crippen LogP contribution >= 0.6 is 24.0 Å². The van der Waals surface area contributed by atoms with Crippen LogP contribution in [0.5, 0.6) is 0 Å². The summed E-state index contributed by atoms with van der Waals surface area (Å²) in [5, 5.41) is 21.9. The first-order valence-corrected chi connectivity index (χ1v) is 7.46. The summed E-state index contributed by atoms with van der Waals surface area (Å²) in [6, 6.07) is 7.74. The van der Waals surface area contributed by atoms with Gasteiger partial charge < -0.3 is 0 Å². The zero-order valence-corrected chi connectivity index (χ0v) is 13.1. The Labute approximate surface area is 131 Å². The van der Waals surface area contributed by atoms with Crippen LogP contribution in [0.25, 0.3) is 5.69 Å². The van der Waals surface area contributed by atoms with Gasteiger partial charge in [-0.15, -0.1) is 33.1 Å². The standard InChI is InChI=1S/C13H12N6S2/c1-8-10(15-17-13-16-14-9(2)21-13)7-19(18-8)11-5-3-4-6-12(11)20/h3-7,20H,1-2H3. The van der Waals surface area contributed by atoms with Crippen molar-refractivity contribution in [2.75, 3.05) is 0 Å². The molecule has 0 fully saturated rings. The Morgan fingerprint density at radius 1 is 1.14 bits per heavy atom. The van der Waals surface area contributed by atoms with E-state index in [0.29, 0.717) is 10.8 Å². The number of aromatic nitrogens is 4. The van der Waals surface area contributed by atoms with Gasteiger partial charge in [0.2, 0.25) is 0 Å². The number of benzene rings is 1. The molecule has 8 heteroatoms. The number of thiol groups is 1. The minimum atomic E-state index is 0.536. The molecule has 106 valence electrons. The van der Waals surface area contributed by atoms with E-state index in [-0.39, 0.29) is 0 Å². The van der Waals surface area contributed by atoms with Crippen molar-refractivity contribution in [2.45, 2.75) is 18.7 Å². The van der Waals surface area contributed by atoms with Gasteiger partial charge in [-0.3, -0.25) is 0 Å². The maximum atomic E-state index is 4.44. The van der Waals surface area contributed by atoms with E-state index in [4.69, 9.17) is 0 Å². The zero-order chi connectivity index (χ0) is 14.8. The second-order valence-corrected chi connectivity index (χ2v) is 5.98. The van der Waals surface area contributed by atoms with Crippen LogP contribution in [-0.2, 0) is 0 Å². The Kier molecular flexibility index (Phi) is 3.80. The van der Waals surface area contributed by atoms with Crippen LogP contribution in [0.4, 0.5) is 10.8 Å². The van der Waals surface area contributed by atoms with Crippen LogP contribution in [-0.4, -0.2) is 20.0 Å². The van der Waals surface area contributed by atoms with Gasteiger partial charge in [-0.05, 0) is 26.0 Å². The highest BCUT2D eigenvalue weighted by Gasteiger charge is 2.08. The summed E-state index contributed by atoms with van der Waals surface area (Å²) >= 11 is 5.83. The summed E-state index contributed by atoms with van der Waals surface area (Å²) in [6.45, 7) is 3.76. The lowest BCUT2D eigenvalue weighted by Gasteiger charge is -2.03. The highest BCUT2D eigenvalue weighted by molar-refractivity contribution is 7.80. The molecule has 0 saturated carbocycles. The monoisotopic (exact) mass is 316 g/mol. The molecule has 0 spiro atoms. The molecule has 0 amide bonds. The SMILES string of the molecule is Cc1nnc(N=Nc2cn(-c3ccccc3S)nc2C)s1. The molecule has 0 aliphatic carbocycles. The first kappa shape index (κ1) is 13.9. The average Bonchev–Trinajstić information content (AvgIpc) is 3.03. The van der Waals surface area contributed by atoms with Crippen molar-refractivity contribution >= 4 is 34.8 Å². The van der Waals surface area contributed by atoms with Crippen molar-refractivity contribution in [3.8, 4) is 5.69 Å². The third-order valence-electron chi connectivity index (χ3n) is 2.76. The normalized spacial score (nSPS) is 11.4. The predicted octanol–water partition coefficient (Wildman–Crippen LogP) is 4.04. The fourth-order valence-electron chi connectivity index (χ4n) is 1.75.